The molecule has 0 radical (unpaired) electrons. The molecule has 0 aromatic rings. The Balaban J connectivity index is 4.70. The third-order valence-corrected chi connectivity index (χ3v) is 10.0. The van der Waals surface area contributed by atoms with E-state index in [1.807, 2.05) is 54.7 Å². The number of phosphoric acid groups is 2. The van der Waals surface area contributed by atoms with Crippen molar-refractivity contribution in [2.24, 2.45) is 0 Å². The standard InChI is InChI=1S/C46H76O14P2/c1-3-5-7-8-9-10-11-12-13-16-20-23-26-29-33-37-46(50)60-44(41-59-62(54,55)58-39-43(48)38-57-61(51,52)53)40-56-45(49)36-32-28-25-22-19-17-14-15-18-21-24-27-31-35-42(47)34-30-6-4-2/h6,10-13,15,17-19,24-25,27-28,30-31,35,42-44,47-48H,3-5,7-9,14,16,20-23,26,29,32-34,36-41H2,1-2H3,(H,54,55)(H2,51,52,53)/b11-10-,13-12-,18-15-,19-17-,27-24+,28-25-,30-6-,35-31+/t42?,43-,44+/m0/s1. The van der Waals surface area contributed by atoms with Crippen molar-refractivity contribution in [1.29, 1.82) is 0 Å². The van der Waals surface area contributed by atoms with E-state index in [9.17, 15) is 33.8 Å². The summed E-state index contributed by atoms with van der Waals surface area (Å²) in [4.78, 5) is 52.7. The summed E-state index contributed by atoms with van der Waals surface area (Å²) in [5.41, 5.74) is 0. The number of rotatable bonds is 40. The number of unbranched alkanes of at least 4 members (excludes halogenated alkanes) is 9. The number of ether oxygens (including phenoxy) is 2. The molecule has 0 saturated heterocycles. The van der Waals surface area contributed by atoms with Gasteiger partial charge in [-0.2, -0.15) is 0 Å². The molecule has 0 rings (SSSR count). The van der Waals surface area contributed by atoms with Crippen LogP contribution >= 0.6 is 15.6 Å². The molecule has 0 aliphatic carbocycles. The van der Waals surface area contributed by atoms with Gasteiger partial charge in [-0.25, -0.2) is 9.13 Å². The summed E-state index contributed by atoms with van der Waals surface area (Å²) in [6, 6.07) is 0. The van der Waals surface area contributed by atoms with Crippen LogP contribution in [0.5, 0.6) is 0 Å². The second-order valence-corrected chi connectivity index (χ2v) is 17.2. The average Bonchev–Trinajstić information content (AvgIpc) is 3.23. The molecule has 16 heteroatoms. The van der Waals surface area contributed by atoms with E-state index in [0.29, 0.717) is 25.7 Å². The quantitative estimate of drug-likeness (QED) is 0.0127. The summed E-state index contributed by atoms with van der Waals surface area (Å²) < 4.78 is 47.7. The Hall–Kier alpha value is -3.00. The number of aliphatic hydroxyl groups excluding tert-OH is 2. The molecule has 0 fully saturated rings. The maximum Gasteiger partial charge on any atom is 0.472 e. The monoisotopic (exact) mass is 914 g/mol. The third-order valence-electron chi connectivity index (χ3n) is 8.57. The zero-order valence-corrected chi connectivity index (χ0v) is 38.8. The van der Waals surface area contributed by atoms with Crippen LogP contribution in [0.2, 0.25) is 0 Å². The predicted molar refractivity (Wildman–Crippen MR) is 245 cm³/mol. The van der Waals surface area contributed by atoms with Crippen LogP contribution in [0.1, 0.15) is 136 Å². The number of esters is 2. The van der Waals surface area contributed by atoms with Crippen LogP contribution in [0.4, 0.5) is 0 Å². The van der Waals surface area contributed by atoms with Gasteiger partial charge in [-0.1, -0.05) is 150 Å². The van der Waals surface area contributed by atoms with Gasteiger partial charge in [-0.15, -0.1) is 0 Å². The maximum atomic E-state index is 12.7. The first-order chi connectivity index (χ1) is 29.8. The van der Waals surface area contributed by atoms with E-state index in [-0.39, 0.29) is 12.8 Å². The van der Waals surface area contributed by atoms with E-state index in [0.717, 1.165) is 57.8 Å². The molecule has 0 bridgehead atoms. The Morgan fingerprint density at radius 2 is 1.11 bits per heavy atom. The molecule has 0 spiro atoms. The Bertz CT molecular complexity index is 1480. The lowest BCUT2D eigenvalue weighted by Gasteiger charge is -2.20. The predicted octanol–water partition coefficient (Wildman–Crippen LogP) is 10.3. The maximum absolute atomic E-state index is 12.7. The average molecular weight is 915 g/mol. The van der Waals surface area contributed by atoms with Crippen molar-refractivity contribution in [3.8, 4) is 0 Å². The Morgan fingerprint density at radius 1 is 0.548 bits per heavy atom. The lowest BCUT2D eigenvalue weighted by molar-refractivity contribution is -0.161. The number of aliphatic hydroxyl groups is 2. The minimum Gasteiger partial charge on any atom is -0.462 e. The largest absolute Gasteiger partial charge is 0.472 e. The number of hydrogen-bond donors (Lipinski definition) is 5. The Labute approximate surface area is 371 Å². The summed E-state index contributed by atoms with van der Waals surface area (Å²) in [5, 5.41) is 19.6. The Morgan fingerprint density at radius 3 is 1.76 bits per heavy atom. The van der Waals surface area contributed by atoms with E-state index in [1.165, 1.54) is 25.7 Å². The fourth-order valence-electron chi connectivity index (χ4n) is 5.21. The van der Waals surface area contributed by atoms with Gasteiger partial charge in [0.25, 0.3) is 0 Å². The van der Waals surface area contributed by atoms with Gasteiger partial charge in [0.15, 0.2) is 6.10 Å². The van der Waals surface area contributed by atoms with E-state index >= 15 is 0 Å². The molecule has 62 heavy (non-hydrogen) atoms. The Kier molecular flexibility index (Phi) is 38.8. The fourth-order valence-corrected chi connectivity index (χ4v) is 6.37. The molecule has 0 saturated carbocycles. The third kappa shape index (κ3) is 43.6. The zero-order chi connectivity index (χ0) is 46.0. The van der Waals surface area contributed by atoms with Crippen molar-refractivity contribution in [3.05, 3.63) is 97.2 Å². The van der Waals surface area contributed by atoms with E-state index < -0.39 is 72.3 Å². The molecule has 0 amide bonds. The smallest absolute Gasteiger partial charge is 0.462 e. The number of phosphoric ester groups is 2. The molecule has 14 nitrogen and oxygen atoms in total. The van der Waals surface area contributed by atoms with Crippen molar-refractivity contribution in [2.45, 2.75) is 154 Å². The van der Waals surface area contributed by atoms with E-state index in [2.05, 4.69) is 59.4 Å². The molecule has 0 heterocycles. The summed E-state index contributed by atoms with van der Waals surface area (Å²) in [7, 11) is -9.72. The van der Waals surface area contributed by atoms with Gasteiger partial charge in [-0.05, 0) is 70.6 Å². The first-order valence-corrected chi connectivity index (χ1v) is 25.1. The molecule has 354 valence electrons. The van der Waals surface area contributed by atoms with Gasteiger partial charge in [-0.3, -0.25) is 23.2 Å². The van der Waals surface area contributed by atoms with Gasteiger partial charge in [0.05, 0.1) is 25.9 Å². The highest BCUT2D eigenvalue weighted by Gasteiger charge is 2.28. The molecule has 0 aromatic carbocycles. The molecule has 0 aromatic heterocycles. The molecular weight excluding hydrogens is 838 g/mol. The second-order valence-electron chi connectivity index (χ2n) is 14.5. The fraction of sp³-hybridized carbons (Fsp3) is 0.609. The van der Waals surface area contributed by atoms with Crippen molar-refractivity contribution in [1.82, 2.24) is 0 Å². The molecule has 5 N–H and O–H groups in total. The summed E-state index contributed by atoms with van der Waals surface area (Å²) in [5.74, 6) is -1.18. The van der Waals surface area contributed by atoms with Crippen LogP contribution < -0.4 is 0 Å². The van der Waals surface area contributed by atoms with Crippen molar-refractivity contribution >= 4 is 27.6 Å². The number of allylic oxidation sites excluding steroid dienone is 14. The van der Waals surface area contributed by atoms with Gasteiger partial charge in [0.1, 0.15) is 12.7 Å². The summed E-state index contributed by atoms with van der Waals surface area (Å²) in [6.45, 7) is 1.40. The number of carbonyl (C=O) groups is 2. The molecule has 0 aliphatic rings. The van der Waals surface area contributed by atoms with Crippen LogP contribution in [0.15, 0.2) is 97.2 Å². The molecular formula is C46H76O14P2. The van der Waals surface area contributed by atoms with Crippen molar-refractivity contribution in [2.75, 3.05) is 26.4 Å². The topological polar surface area (TPSA) is 216 Å². The first-order valence-electron chi connectivity index (χ1n) is 22.1. The summed E-state index contributed by atoms with van der Waals surface area (Å²) >= 11 is 0. The minimum atomic E-state index is -4.88. The highest BCUT2D eigenvalue weighted by Crippen LogP contribution is 2.43. The highest BCUT2D eigenvalue weighted by molar-refractivity contribution is 7.47. The minimum absolute atomic E-state index is 0.0455. The van der Waals surface area contributed by atoms with Gasteiger partial charge in [0.2, 0.25) is 0 Å². The molecule has 0 aliphatic heterocycles. The zero-order valence-electron chi connectivity index (χ0n) is 37.0. The van der Waals surface area contributed by atoms with Gasteiger partial charge >= 0.3 is 27.6 Å². The van der Waals surface area contributed by atoms with Crippen molar-refractivity contribution in [3.63, 3.8) is 0 Å². The van der Waals surface area contributed by atoms with Crippen molar-refractivity contribution < 1.29 is 66.7 Å². The van der Waals surface area contributed by atoms with Crippen LogP contribution in [-0.4, -0.2) is 81.6 Å². The molecule has 2 unspecified atom stereocenters. The van der Waals surface area contributed by atoms with Crippen LogP contribution in [0.3, 0.4) is 0 Å². The molecule has 4 atom stereocenters. The van der Waals surface area contributed by atoms with Gasteiger partial charge in [0, 0.05) is 12.8 Å². The van der Waals surface area contributed by atoms with E-state index in [4.69, 9.17) is 23.8 Å². The number of carbonyl (C=O) groups excluding carboxylic acids is 2. The first kappa shape index (κ1) is 59.0. The SMILES string of the molecule is CC/C=C\CC(O)/C=C/C=C/C/C=C\C/C=C\C/C=C\CCC(=O)OC[C@H](COP(=O)(O)OC[C@@H](O)COP(=O)(O)O)OC(=O)CCCCCCC/C=C\C=C/CCCCCC. The lowest BCUT2D eigenvalue weighted by atomic mass is 10.1. The summed E-state index contributed by atoms with van der Waals surface area (Å²) in [6.07, 6.45) is 44.5. The van der Waals surface area contributed by atoms with Gasteiger partial charge < -0.3 is 34.4 Å². The van der Waals surface area contributed by atoms with Crippen LogP contribution in [0.25, 0.3) is 0 Å². The van der Waals surface area contributed by atoms with Crippen LogP contribution in [-0.2, 0) is 41.8 Å². The highest BCUT2D eigenvalue weighted by atomic mass is 31.2. The van der Waals surface area contributed by atoms with Crippen LogP contribution in [0, 0.1) is 0 Å². The second kappa shape index (κ2) is 40.8. The normalized spacial score (nSPS) is 15.4. The lowest BCUT2D eigenvalue weighted by Crippen LogP contribution is -2.29. The van der Waals surface area contributed by atoms with E-state index in [1.54, 1.807) is 6.08 Å². The number of hydrogen-bond acceptors (Lipinski definition) is 11.